The van der Waals surface area contributed by atoms with Crippen molar-refractivity contribution >= 4 is 33.0 Å². The highest BCUT2D eigenvalue weighted by molar-refractivity contribution is 7.91. The Labute approximate surface area is 111 Å². The molecule has 2 unspecified atom stereocenters. The molecule has 0 aromatic carbocycles. The van der Waals surface area contributed by atoms with Crippen molar-refractivity contribution in [1.29, 1.82) is 0 Å². The Bertz CT molecular complexity index is 483. The largest absolute Gasteiger partial charge is 0.250 e. The van der Waals surface area contributed by atoms with Crippen molar-refractivity contribution in [2.24, 2.45) is 5.92 Å². The summed E-state index contributed by atoms with van der Waals surface area (Å²) in [5, 5.41) is 0. The number of alkyl halides is 1. The van der Waals surface area contributed by atoms with Crippen LogP contribution < -0.4 is 4.72 Å². The maximum atomic E-state index is 12.1. The van der Waals surface area contributed by atoms with E-state index in [0.29, 0.717) is 10.1 Å². The molecular weight excluding hydrogens is 278 g/mol. The monoisotopic (exact) mass is 293 g/mol. The number of nitrogens with one attached hydrogen (secondary N) is 1. The van der Waals surface area contributed by atoms with E-state index in [1.165, 1.54) is 11.3 Å². The Morgan fingerprint density at radius 3 is 2.82 bits per heavy atom. The first-order valence-corrected chi connectivity index (χ1v) is 8.51. The lowest BCUT2D eigenvalue weighted by Gasteiger charge is -2.18. The highest BCUT2D eigenvalue weighted by atomic mass is 35.5. The van der Waals surface area contributed by atoms with Gasteiger partial charge >= 0.3 is 0 Å². The van der Waals surface area contributed by atoms with Gasteiger partial charge in [0.2, 0.25) is 10.0 Å². The third kappa shape index (κ3) is 3.02. The van der Waals surface area contributed by atoms with Crippen LogP contribution in [-0.4, -0.2) is 20.3 Å². The van der Waals surface area contributed by atoms with E-state index in [-0.39, 0.29) is 12.0 Å². The number of hydrogen-bond donors (Lipinski definition) is 1. The van der Waals surface area contributed by atoms with Gasteiger partial charge in [0.1, 0.15) is 4.21 Å². The van der Waals surface area contributed by atoms with Crippen molar-refractivity contribution in [3.05, 3.63) is 17.0 Å². The van der Waals surface area contributed by atoms with Crippen LogP contribution in [0.1, 0.15) is 24.1 Å². The highest BCUT2D eigenvalue weighted by Gasteiger charge is 2.31. The van der Waals surface area contributed by atoms with Gasteiger partial charge in [0.15, 0.2) is 0 Å². The molecule has 2 rings (SSSR count). The minimum absolute atomic E-state index is 0.0000869. The second-order valence-corrected chi connectivity index (χ2v) is 7.98. The van der Waals surface area contributed by atoms with Gasteiger partial charge < -0.3 is 0 Å². The predicted octanol–water partition coefficient (Wildman–Crippen LogP) is 2.74. The van der Waals surface area contributed by atoms with E-state index in [2.05, 4.69) is 4.72 Å². The van der Waals surface area contributed by atoms with Crippen LogP contribution in [-0.2, 0) is 10.0 Å². The molecule has 96 valence electrons. The van der Waals surface area contributed by atoms with E-state index >= 15 is 0 Å². The molecule has 0 spiro atoms. The van der Waals surface area contributed by atoms with Gasteiger partial charge in [0.25, 0.3) is 0 Å². The van der Waals surface area contributed by atoms with Crippen LogP contribution in [0.4, 0.5) is 0 Å². The van der Waals surface area contributed by atoms with Crippen molar-refractivity contribution in [3.63, 3.8) is 0 Å². The number of rotatable bonds is 4. The quantitative estimate of drug-likeness (QED) is 0.868. The summed E-state index contributed by atoms with van der Waals surface area (Å²) in [6, 6.07) is 3.49. The van der Waals surface area contributed by atoms with E-state index in [4.69, 9.17) is 11.6 Å². The average molecular weight is 294 g/mol. The average Bonchev–Trinajstić information content (AvgIpc) is 2.86. The highest BCUT2D eigenvalue weighted by Crippen LogP contribution is 2.29. The third-order valence-corrected chi connectivity index (χ3v) is 6.52. The van der Waals surface area contributed by atoms with Gasteiger partial charge in [0.05, 0.1) is 0 Å². The standard InChI is InChI=1S/C11H16ClNO2S2/c1-8-5-6-11(16-8)17(14,15)13-10-4-2-3-9(10)7-12/h5-6,9-10,13H,2-4,7H2,1H3. The predicted molar refractivity (Wildman–Crippen MR) is 71.2 cm³/mol. The Morgan fingerprint density at radius 2 is 2.24 bits per heavy atom. The summed E-state index contributed by atoms with van der Waals surface area (Å²) < 4.78 is 27.4. The number of halogens is 1. The van der Waals surface area contributed by atoms with Crippen molar-refractivity contribution in [1.82, 2.24) is 4.72 Å². The molecular formula is C11H16ClNO2S2. The molecule has 17 heavy (non-hydrogen) atoms. The second kappa shape index (κ2) is 5.26. The summed E-state index contributed by atoms with van der Waals surface area (Å²) in [6.07, 6.45) is 2.95. The zero-order valence-corrected chi connectivity index (χ0v) is 12.0. The van der Waals surface area contributed by atoms with Crippen LogP contribution in [0.25, 0.3) is 0 Å². The Balaban J connectivity index is 2.12. The van der Waals surface area contributed by atoms with Crippen LogP contribution in [0.2, 0.25) is 0 Å². The van der Waals surface area contributed by atoms with E-state index < -0.39 is 10.0 Å². The van der Waals surface area contributed by atoms with Gasteiger partial charge in [-0.1, -0.05) is 6.42 Å². The first-order chi connectivity index (χ1) is 8.03. The molecule has 1 fully saturated rings. The molecule has 0 saturated heterocycles. The first-order valence-electron chi connectivity index (χ1n) is 5.67. The van der Waals surface area contributed by atoms with Gasteiger partial charge in [-0.2, -0.15) is 0 Å². The van der Waals surface area contributed by atoms with Gasteiger partial charge in [0, 0.05) is 16.8 Å². The molecule has 2 atom stereocenters. The number of thiophene rings is 1. The summed E-state index contributed by atoms with van der Waals surface area (Å²) in [5.41, 5.74) is 0. The molecule has 1 aliphatic carbocycles. The van der Waals surface area contributed by atoms with Crippen LogP contribution >= 0.6 is 22.9 Å². The molecule has 1 N–H and O–H groups in total. The van der Waals surface area contributed by atoms with E-state index in [0.717, 1.165) is 24.1 Å². The van der Waals surface area contributed by atoms with Gasteiger partial charge in [-0.15, -0.1) is 22.9 Å². The molecule has 0 radical (unpaired) electrons. The lowest BCUT2D eigenvalue weighted by atomic mass is 10.1. The smallest absolute Gasteiger partial charge is 0.207 e. The third-order valence-electron chi connectivity index (χ3n) is 3.14. The van der Waals surface area contributed by atoms with Gasteiger partial charge in [-0.05, 0) is 37.8 Å². The molecule has 0 amide bonds. The molecule has 0 bridgehead atoms. The van der Waals surface area contributed by atoms with Gasteiger partial charge in [-0.25, -0.2) is 13.1 Å². The van der Waals surface area contributed by atoms with Crippen molar-refractivity contribution in [2.75, 3.05) is 5.88 Å². The summed E-state index contributed by atoms with van der Waals surface area (Å²) >= 11 is 7.15. The Morgan fingerprint density at radius 1 is 1.47 bits per heavy atom. The summed E-state index contributed by atoms with van der Waals surface area (Å²) in [6.45, 7) is 1.90. The van der Waals surface area contributed by atoms with Gasteiger partial charge in [-0.3, -0.25) is 0 Å². The summed E-state index contributed by atoms with van der Waals surface area (Å²) in [7, 11) is -3.36. The van der Waals surface area contributed by atoms with Crippen LogP contribution in [0.5, 0.6) is 0 Å². The number of hydrogen-bond acceptors (Lipinski definition) is 3. The lowest BCUT2D eigenvalue weighted by Crippen LogP contribution is -2.37. The van der Waals surface area contributed by atoms with Crippen LogP contribution in [0.15, 0.2) is 16.3 Å². The minimum Gasteiger partial charge on any atom is -0.207 e. The summed E-state index contributed by atoms with van der Waals surface area (Å²) in [5.74, 6) is 0.795. The molecule has 1 saturated carbocycles. The first kappa shape index (κ1) is 13.3. The van der Waals surface area contributed by atoms with Crippen molar-refractivity contribution in [3.8, 4) is 0 Å². The lowest BCUT2D eigenvalue weighted by molar-refractivity contribution is 0.481. The molecule has 0 aliphatic heterocycles. The maximum Gasteiger partial charge on any atom is 0.250 e. The van der Waals surface area contributed by atoms with Crippen molar-refractivity contribution < 1.29 is 8.42 Å². The molecule has 1 heterocycles. The molecule has 1 aromatic heterocycles. The second-order valence-electron chi connectivity index (χ2n) is 4.44. The fourth-order valence-electron chi connectivity index (χ4n) is 2.19. The van der Waals surface area contributed by atoms with E-state index in [1.807, 2.05) is 13.0 Å². The molecule has 3 nitrogen and oxygen atoms in total. The van der Waals surface area contributed by atoms with Crippen LogP contribution in [0.3, 0.4) is 0 Å². The van der Waals surface area contributed by atoms with Crippen molar-refractivity contribution in [2.45, 2.75) is 36.4 Å². The van der Waals surface area contributed by atoms with E-state index in [9.17, 15) is 8.42 Å². The zero-order valence-electron chi connectivity index (χ0n) is 9.65. The topological polar surface area (TPSA) is 46.2 Å². The Hall–Kier alpha value is -0.100. The number of sulfonamides is 1. The zero-order chi connectivity index (χ0) is 12.5. The molecule has 6 heteroatoms. The fraction of sp³-hybridized carbons (Fsp3) is 0.636. The minimum atomic E-state index is -3.36. The fourth-order valence-corrected chi connectivity index (χ4v) is 5.20. The number of aryl methyl sites for hydroxylation is 1. The maximum absolute atomic E-state index is 12.1. The van der Waals surface area contributed by atoms with E-state index in [1.54, 1.807) is 6.07 Å². The molecule has 1 aliphatic rings. The SMILES string of the molecule is Cc1ccc(S(=O)(=O)NC2CCCC2CCl)s1. The Kier molecular flexibility index (Phi) is 4.13. The normalized spacial score (nSPS) is 25.3. The van der Waals surface area contributed by atoms with Crippen LogP contribution in [0, 0.1) is 12.8 Å². The summed E-state index contributed by atoms with van der Waals surface area (Å²) in [4.78, 5) is 1.01. The molecule has 1 aromatic rings.